The Morgan fingerprint density at radius 1 is 1.32 bits per heavy atom. The van der Waals surface area contributed by atoms with Crippen molar-refractivity contribution >= 4 is 17.4 Å². The number of Topliss-reactive ketones (excluding diaryl/α,β-unsaturated/α-hetero) is 1. The van der Waals surface area contributed by atoms with Gasteiger partial charge in [0.2, 0.25) is 0 Å². The van der Waals surface area contributed by atoms with Crippen LogP contribution in [0.1, 0.15) is 19.1 Å². The maximum absolute atomic E-state index is 10.8. The quantitative estimate of drug-likeness (QED) is 0.793. The van der Waals surface area contributed by atoms with Gasteiger partial charge in [-0.2, -0.15) is 0 Å². The Labute approximate surface area is 111 Å². The number of hydrogen-bond acceptors (Lipinski definition) is 6. The molecule has 0 unspecified atom stereocenters. The lowest BCUT2D eigenvalue weighted by atomic mass is 10.3. The van der Waals surface area contributed by atoms with Crippen molar-refractivity contribution in [3.05, 3.63) is 36.5 Å². The first kappa shape index (κ1) is 13.1. The highest BCUT2D eigenvalue weighted by molar-refractivity contribution is 5.75. The molecule has 2 aromatic heterocycles. The van der Waals surface area contributed by atoms with Crippen LogP contribution in [0, 0.1) is 0 Å². The normalized spacial score (nSPS) is 10.2. The number of anilines is 2. The second-order valence-corrected chi connectivity index (χ2v) is 4.10. The molecule has 0 bridgehead atoms. The molecule has 6 heteroatoms. The number of nitrogens with one attached hydrogen (secondary N) is 2. The minimum Gasteiger partial charge on any atom is -0.467 e. The summed E-state index contributed by atoms with van der Waals surface area (Å²) in [6.45, 7) is 2.71. The van der Waals surface area contributed by atoms with Gasteiger partial charge >= 0.3 is 0 Å². The molecule has 2 N–H and O–H groups in total. The molecule has 2 aromatic rings. The smallest absolute Gasteiger partial charge is 0.131 e. The summed E-state index contributed by atoms with van der Waals surface area (Å²) < 4.78 is 5.22. The Bertz CT molecular complexity index is 525. The van der Waals surface area contributed by atoms with Gasteiger partial charge in [-0.25, -0.2) is 9.97 Å². The molecule has 0 spiro atoms. The van der Waals surface area contributed by atoms with E-state index in [4.69, 9.17) is 4.42 Å². The summed E-state index contributed by atoms with van der Waals surface area (Å²) in [7, 11) is 0. The first-order valence-electron chi connectivity index (χ1n) is 6.05. The number of carbonyl (C=O) groups is 1. The van der Waals surface area contributed by atoms with E-state index in [1.807, 2.05) is 12.1 Å². The third kappa shape index (κ3) is 4.42. The van der Waals surface area contributed by atoms with E-state index in [1.54, 1.807) is 19.3 Å². The monoisotopic (exact) mass is 260 g/mol. The number of ketones is 1. The van der Waals surface area contributed by atoms with Crippen LogP contribution in [0.4, 0.5) is 11.6 Å². The highest BCUT2D eigenvalue weighted by Crippen LogP contribution is 2.10. The zero-order valence-electron chi connectivity index (χ0n) is 10.7. The van der Waals surface area contributed by atoms with Crippen LogP contribution < -0.4 is 10.6 Å². The van der Waals surface area contributed by atoms with E-state index in [0.717, 1.165) is 5.76 Å². The van der Waals surface area contributed by atoms with Crippen LogP contribution in [0.25, 0.3) is 0 Å². The summed E-state index contributed by atoms with van der Waals surface area (Å²) in [4.78, 5) is 19.0. The van der Waals surface area contributed by atoms with E-state index in [0.29, 0.717) is 31.1 Å². The fourth-order valence-electron chi connectivity index (χ4n) is 1.51. The molecule has 0 aliphatic carbocycles. The average Bonchev–Trinajstić information content (AvgIpc) is 2.89. The van der Waals surface area contributed by atoms with E-state index in [1.165, 1.54) is 6.33 Å². The Morgan fingerprint density at radius 2 is 2.11 bits per heavy atom. The molecular weight excluding hydrogens is 244 g/mol. The Hall–Kier alpha value is -2.37. The zero-order valence-corrected chi connectivity index (χ0v) is 10.7. The van der Waals surface area contributed by atoms with Crippen molar-refractivity contribution in [1.29, 1.82) is 0 Å². The summed E-state index contributed by atoms with van der Waals surface area (Å²) in [6, 6.07) is 5.52. The lowest BCUT2D eigenvalue weighted by Gasteiger charge is -2.07. The van der Waals surface area contributed by atoms with Crippen molar-refractivity contribution in [2.75, 3.05) is 17.2 Å². The van der Waals surface area contributed by atoms with E-state index in [2.05, 4.69) is 20.6 Å². The third-order valence-corrected chi connectivity index (χ3v) is 2.47. The zero-order chi connectivity index (χ0) is 13.5. The van der Waals surface area contributed by atoms with Crippen molar-refractivity contribution in [2.24, 2.45) is 0 Å². The number of carbonyl (C=O) groups excluding carboxylic acids is 1. The molecule has 2 heterocycles. The largest absolute Gasteiger partial charge is 0.467 e. The molecule has 6 nitrogen and oxygen atoms in total. The predicted molar refractivity (Wildman–Crippen MR) is 71.9 cm³/mol. The van der Waals surface area contributed by atoms with Crippen LogP contribution >= 0.6 is 0 Å². The van der Waals surface area contributed by atoms with Crippen LogP contribution in [-0.2, 0) is 11.3 Å². The van der Waals surface area contributed by atoms with Crippen LogP contribution in [0.2, 0.25) is 0 Å². The van der Waals surface area contributed by atoms with Crippen molar-refractivity contribution in [2.45, 2.75) is 19.9 Å². The van der Waals surface area contributed by atoms with Crippen LogP contribution in [0.15, 0.2) is 35.2 Å². The van der Waals surface area contributed by atoms with Crippen LogP contribution in [0.5, 0.6) is 0 Å². The molecule has 19 heavy (non-hydrogen) atoms. The highest BCUT2D eigenvalue weighted by Gasteiger charge is 2.00. The summed E-state index contributed by atoms with van der Waals surface area (Å²) >= 11 is 0. The van der Waals surface area contributed by atoms with E-state index < -0.39 is 0 Å². The van der Waals surface area contributed by atoms with Crippen molar-refractivity contribution < 1.29 is 9.21 Å². The molecule has 0 aliphatic rings. The molecule has 0 aromatic carbocycles. The van der Waals surface area contributed by atoms with Gasteiger partial charge in [0.25, 0.3) is 0 Å². The predicted octanol–water partition coefficient (Wildman–Crippen LogP) is 2.07. The Kier molecular flexibility index (Phi) is 4.49. The highest BCUT2D eigenvalue weighted by atomic mass is 16.3. The summed E-state index contributed by atoms with van der Waals surface area (Å²) in [6.07, 6.45) is 3.59. The van der Waals surface area contributed by atoms with Gasteiger partial charge in [-0.05, 0) is 19.1 Å². The lowest BCUT2D eigenvalue weighted by molar-refractivity contribution is -0.116. The molecule has 0 aliphatic heterocycles. The maximum Gasteiger partial charge on any atom is 0.131 e. The number of furan rings is 1. The molecule has 0 saturated heterocycles. The fourth-order valence-corrected chi connectivity index (χ4v) is 1.51. The van der Waals surface area contributed by atoms with Gasteiger partial charge in [0, 0.05) is 19.0 Å². The number of aromatic nitrogens is 2. The summed E-state index contributed by atoms with van der Waals surface area (Å²) in [5.74, 6) is 2.39. The van der Waals surface area contributed by atoms with Crippen LogP contribution in [-0.4, -0.2) is 22.3 Å². The molecule has 0 saturated carbocycles. The molecule has 0 fully saturated rings. The molecule has 2 rings (SSSR count). The molecule has 100 valence electrons. The Morgan fingerprint density at radius 3 is 2.79 bits per heavy atom. The first-order chi connectivity index (χ1) is 9.24. The Balaban J connectivity index is 1.86. The SMILES string of the molecule is CC(=O)CCNc1cc(NCc2ccco2)ncn1. The van der Waals surface area contributed by atoms with Crippen molar-refractivity contribution in [3.63, 3.8) is 0 Å². The summed E-state index contributed by atoms with van der Waals surface area (Å²) in [5.41, 5.74) is 0. The third-order valence-electron chi connectivity index (χ3n) is 2.47. The number of rotatable bonds is 7. The van der Waals surface area contributed by atoms with Crippen molar-refractivity contribution in [3.8, 4) is 0 Å². The lowest BCUT2D eigenvalue weighted by Crippen LogP contribution is -2.08. The first-order valence-corrected chi connectivity index (χ1v) is 6.05. The van der Waals surface area contributed by atoms with Gasteiger partial charge in [-0.3, -0.25) is 4.79 Å². The number of hydrogen-bond donors (Lipinski definition) is 2. The van der Waals surface area contributed by atoms with Gasteiger partial charge in [-0.1, -0.05) is 0 Å². The van der Waals surface area contributed by atoms with Gasteiger partial charge in [0.15, 0.2) is 0 Å². The van der Waals surface area contributed by atoms with E-state index >= 15 is 0 Å². The average molecular weight is 260 g/mol. The maximum atomic E-state index is 10.8. The topological polar surface area (TPSA) is 80.0 Å². The second kappa shape index (κ2) is 6.53. The van der Waals surface area contributed by atoms with Gasteiger partial charge in [0.05, 0.1) is 12.8 Å². The standard InChI is InChI=1S/C13H16N4O2/c1-10(18)4-5-14-12-7-13(17-9-16-12)15-8-11-3-2-6-19-11/h2-3,6-7,9H,4-5,8H2,1H3,(H2,14,15,16,17). The van der Waals surface area contributed by atoms with Crippen LogP contribution in [0.3, 0.4) is 0 Å². The van der Waals surface area contributed by atoms with Gasteiger partial charge in [-0.15, -0.1) is 0 Å². The summed E-state index contributed by atoms with van der Waals surface area (Å²) in [5, 5.41) is 6.21. The van der Waals surface area contributed by atoms with Gasteiger partial charge in [0.1, 0.15) is 29.5 Å². The minimum absolute atomic E-state index is 0.151. The van der Waals surface area contributed by atoms with Gasteiger partial charge < -0.3 is 15.1 Å². The molecule has 0 atom stereocenters. The van der Waals surface area contributed by atoms with E-state index in [-0.39, 0.29) is 5.78 Å². The fraction of sp³-hybridized carbons (Fsp3) is 0.308. The molecule has 0 amide bonds. The second-order valence-electron chi connectivity index (χ2n) is 4.10. The van der Waals surface area contributed by atoms with E-state index in [9.17, 15) is 4.79 Å². The molecular formula is C13H16N4O2. The minimum atomic E-state index is 0.151. The molecule has 0 radical (unpaired) electrons. The number of nitrogens with zero attached hydrogens (tertiary/aromatic N) is 2. The van der Waals surface area contributed by atoms with Crippen molar-refractivity contribution in [1.82, 2.24) is 9.97 Å².